The highest BCUT2D eigenvalue weighted by molar-refractivity contribution is 9.10. The molecule has 0 unspecified atom stereocenters. The molecule has 0 aliphatic rings. The summed E-state index contributed by atoms with van der Waals surface area (Å²) in [6.45, 7) is 4.58. The summed E-state index contributed by atoms with van der Waals surface area (Å²) in [5, 5.41) is 4.37. The van der Waals surface area contributed by atoms with Crippen molar-refractivity contribution in [1.82, 2.24) is 0 Å². The quantitative estimate of drug-likeness (QED) is 0.608. The fourth-order valence-electron chi connectivity index (χ4n) is 2.04. The van der Waals surface area contributed by atoms with Gasteiger partial charge in [-0.1, -0.05) is 23.2 Å². The lowest BCUT2D eigenvalue weighted by Crippen LogP contribution is -2.08. The zero-order valence-corrected chi connectivity index (χ0v) is 16.2. The first-order valence-electron chi connectivity index (χ1n) is 7.12. The van der Waals surface area contributed by atoms with Crippen LogP contribution >= 0.6 is 39.1 Å². The van der Waals surface area contributed by atoms with Crippen molar-refractivity contribution < 1.29 is 9.47 Å². The van der Waals surface area contributed by atoms with E-state index < -0.39 is 0 Å². The van der Waals surface area contributed by atoms with Gasteiger partial charge >= 0.3 is 0 Å². The van der Waals surface area contributed by atoms with Crippen LogP contribution in [0.25, 0.3) is 0 Å². The van der Waals surface area contributed by atoms with Gasteiger partial charge in [-0.2, -0.15) is 0 Å². The summed E-state index contributed by atoms with van der Waals surface area (Å²) < 4.78 is 12.1. The maximum Gasteiger partial charge on any atom is 0.175 e. The summed E-state index contributed by atoms with van der Waals surface area (Å²) in [7, 11) is 1.63. The van der Waals surface area contributed by atoms with Gasteiger partial charge in [0.15, 0.2) is 11.5 Å². The van der Waals surface area contributed by atoms with Gasteiger partial charge in [0.2, 0.25) is 0 Å². The third kappa shape index (κ3) is 4.93. The van der Waals surface area contributed by atoms with E-state index in [4.69, 9.17) is 32.7 Å². The Balaban J connectivity index is 2.16. The monoisotopic (exact) mass is 417 g/mol. The van der Waals surface area contributed by atoms with E-state index in [1.807, 2.05) is 32.0 Å². The summed E-state index contributed by atoms with van der Waals surface area (Å²) in [6.07, 6.45) is 0.0698. The second-order valence-electron chi connectivity index (χ2n) is 5.26. The number of halogens is 3. The summed E-state index contributed by atoms with van der Waals surface area (Å²) in [4.78, 5) is 0. The van der Waals surface area contributed by atoms with Gasteiger partial charge < -0.3 is 14.8 Å². The molecule has 23 heavy (non-hydrogen) atoms. The molecule has 2 aromatic carbocycles. The highest BCUT2D eigenvalue weighted by atomic mass is 79.9. The third-order valence-electron chi connectivity index (χ3n) is 3.06. The van der Waals surface area contributed by atoms with Gasteiger partial charge in [-0.05, 0) is 65.7 Å². The highest BCUT2D eigenvalue weighted by Crippen LogP contribution is 2.37. The first kappa shape index (κ1) is 18.2. The van der Waals surface area contributed by atoms with Crippen molar-refractivity contribution in [2.24, 2.45) is 0 Å². The van der Waals surface area contributed by atoms with Crippen LogP contribution < -0.4 is 14.8 Å². The average Bonchev–Trinajstić information content (AvgIpc) is 2.50. The Kier molecular flexibility index (Phi) is 6.45. The molecule has 1 N–H and O–H groups in total. The lowest BCUT2D eigenvalue weighted by Gasteiger charge is -2.17. The van der Waals surface area contributed by atoms with Crippen LogP contribution in [0.2, 0.25) is 10.0 Å². The Morgan fingerprint density at radius 1 is 1.13 bits per heavy atom. The van der Waals surface area contributed by atoms with Crippen molar-refractivity contribution in [3.8, 4) is 11.5 Å². The molecule has 0 fully saturated rings. The largest absolute Gasteiger partial charge is 0.493 e. The number of benzene rings is 2. The second kappa shape index (κ2) is 8.13. The molecule has 0 aliphatic carbocycles. The average molecular weight is 419 g/mol. The first-order chi connectivity index (χ1) is 10.9. The second-order valence-corrected chi connectivity index (χ2v) is 6.93. The number of methoxy groups -OCH3 is 1. The Morgan fingerprint density at radius 2 is 1.87 bits per heavy atom. The summed E-state index contributed by atoms with van der Waals surface area (Å²) in [6, 6.07) is 9.41. The lowest BCUT2D eigenvalue weighted by atomic mass is 10.2. The van der Waals surface area contributed by atoms with Crippen LogP contribution in [0.1, 0.15) is 19.4 Å². The minimum atomic E-state index is 0.0698. The predicted molar refractivity (Wildman–Crippen MR) is 100 cm³/mol. The van der Waals surface area contributed by atoms with Gasteiger partial charge in [-0.15, -0.1) is 0 Å². The number of hydrogen-bond acceptors (Lipinski definition) is 3. The molecule has 0 radical (unpaired) electrons. The minimum Gasteiger partial charge on any atom is -0.493 e. The van der Waals surface area contributed by atoms with Crippen LogP contribution in [0, 0.1) is 0 Å². The molecule has 2 aromatic rings. The van der Waals surface area contributed by atoms with Crippen LogP contribution in [0.15, 0.2) is 34.8 Å². The van der Waals surface area contributed by atoms with Gasteiger partial charge in [0.05, 0.1) is 27.7 Å². The van der Waals surface area contributed by atoms with Gasteiger partial charge in [0.1, 0.15) is 0 Å². The molecule has 0 saturated carbocycles. The van der Waals surface area contributed by atoms with E-state index in [0.717, 1.165) is 15.7 Å². The van der Waals surface area contributed by atoms with E-state index in [1.54, 1.807) is 19.2 Å². The fraction of sp³-hybridized carbons (Fsp3) is 0.294. The van der Waals surface area contributed by atoms with E-state index in [2.05, 4.69) is 21.2 Å². The minimum absolute atomic E-state index is 0.0698. The Bertz CT molecular complexity index is 693. The third-order valence-corrected chi connectivity index (χ3v) is 4.39. The topological polar surface area (TPSA) is 30.5 Å². The molecule has 3 nitrogen and oxygen atoms in total. The van der Waals surface area contributed by atoms with Gasteiger partial charge in [-0.25, -0.2) is 0 Å². The molecule has 0 amide bonds. The molecular weight excluding hydrogens is 401 g/mol. The Hall–Kier alpha value is -1.10. The molecule has 0 bridgehead atoms. The zero-order valence-electron chi connectivity index (χ0n) is 13.1. The van der Waals surface area contributed by atoms with Crippen molar-refractivity contribution >= 4 is 44.8 Å². The van der Waals surface area contributed by atoms with Gasteiger partial charge in [0, 0.05) is 12.2 Å². The first-order valence-corrected chi connectivity index (χ1v) is 8.67. The van der Waals surface area contributed by atoms with Crippen molar-refractivity contribution in [2.45, 2.75) is 26.5 Å². The SMILES string of the molecule is COc1cc(CNc2ccc(Cl)c(Cl)c2)cc(Br)c1OC(C)C. The van der Waals surface area contributed by atoms with Gasteiger partial charge in [0.25, 0.3) is 0 Å². The van der Waals surface area contributed by atoms with E-state index in [-0.39, 0.29) is 6.10 Å². The van der Waals surface area contributed by atoms with E-state index in [0.29, 0.717) is 28.1 Å². The number of hydrogen-bond donors (Lipinski definition) is 1. The van der Waals surface area contributed by atoms with Crippen LogP contribution in [0.5, 0.6) is 11.5 Å². The molecule has 0 aliphatic heterocycles. The van der Waals surface area contributed by atoms with Crippen LogP contribution in [-0.4, -0.2) is 13.2 Å². The number of rotatable bonds is 6. The molecule has 2 rings (SSSR count). The maximum atomic E-state index is 6.02. The number of nitrogens with one attached hydrogen (secondary N) is 1. The Morgan fingerprint density at radius 3 is 2.48 bits per heavy atom. The molecule has 124 valence electrons. The molecule has 0 saturated heterocycles. The van der Waals surface area contributed by atoms with E-state index in [9.17, 15) is 0 Å². The van der Waals surface area contributed by atoms with Crippen molar-refractivity contribution in [3.05, 3.63) is 50.4 Å². The molecule has 0 heterocycles. The zero-order chi connectivity index (χ0) is 17.0. The fourth-order valence-corrected chi connectivity index (χ4v) is 2.92. The lowest BCUT2D eigenvalue weighted by molar-refractivity contribution is 0.228. The maximum absolute atomic E-state index is 6.02. The van der Waals surface area contributed by atoms with E-state index in [1.165, 1.54) is 0 Å². The van der Waals surface area contributed by atoms with Crippen molar-refractivity contribution in [1.29, 1.82) is 0 Å². The predicted octanol–water partition coefficient (Wildman–Crippen LogP) is 6.16. The van der Waals surface area contributed by atoms with Gasteiger partial charge in [-0.3, -0.25) is 0 Å². The normalized spacial score (nSPS) is 10.7. The van der Waals surface area contributed by atoms with Crippen LogP contribution in [0.4, 0.5) is 5.69 Å². The van der Waals surface area contributed by atoms with Crippen LogP contribution in [-0.2, 0) is 6.54 Å². The number of anilines is 1. The Labute approximate surface area is 155 Å². The molecule has 0 atom stereocenters. The van der Waals surface area contributed by atoms with E-state index >= 15 is 0 Å². The molecular formula is C17H18BrCl2NO2. The van der Waals surface area contributed by atoms with Crippen LogP contribution in [0.3, 0.4) is 0 Å². The molecule has 0 aromatic heterocycles. The summed E-state index contributed by atoms with van der Waals surface area (Å²) in [5.41, 5.74) is 1.95. The number of ether oxygens (including phenoxy) is 2. The standard InChI is InChI=1S/C17H18BrCl2NO2/c1-10(2)23-17-13(18)6-11(7-16(17)22-3)9-21-12-4-5-14(19)15(20)8-12/h4-8,10,21H,9H2,1-3H3. The smallest absolute Gasteiger partial charge is 0.175 e. The molecule has 6 heteroatoms. The highest BCUT2D eigenvalue weighted by Gasteiger charge is 2.13. The summed E-state index contributed by atoms with van der Waals surface area (Å²) in [5.74, 6) is 1.40. The summed E-state index contributed by atoms with van der Waals surface area (Å²) >= 11 is 15.5. The van der Waals surface area contributed by atoms with Crippen molar-refractivity contribution in [3.63, 3.8) is 0 Å². The van der Waals surface area contributed by atoms with Crippen molar-refractivity contribution in [2.75, 3.05) is 12.4 Å². The molecule has 0 spiro atoms.